The number of aliphatic hydroxyl groups excluding tert-OH is 1. The summed E-state index contributed by atoms with van der Waals surface area (Å²) in [5.74, 6) is -0.364. The number of pyridine rings is 1. The summed E-state index contributed by atoms with van der Waals surface area (Å²) in [5, 5.41) is 9.33. The van der Waals surface area contributed by atoms with E-state index < -0.39 is 10.0 Å². The topological polar surface area (TPSA) is 103 Å². The van der Waals surface area contributed by atoms with Crippen molar-refractivity contribution in [2.24, 2.45) is 5.92 Å². The lowest BCUT2D eigenvalue weighted by Crippen LogP contribution is -2.57. The number of carbonyl (C=O) groups excluding carboxylic acids is 1. The van der Waals surface area contributed by atoms with Gasteiger partial charge in [-0.15, -0.1) is 0 Å². The number of amides is 1. The zero-order valence-corrected chi connectivity index (χ0v) is 18.7. The van der Waals surface area contributed by atoms with Gasteiger partial charge in [-0.2, -0.15) is 4.31 Å². The molecule has 4 rings (SSSR count). The van der Waals surface area contributed by atoms with Crippen LogP contribution < -0.4 is 0 Å². The highest BCUT2D eigenvalue weighted by molar-refractivity contribution is 7.89. The van der Waals surface area contributed by atoms with E-state index in [0.29, 0.717) is 44.8 Å². The predicted octanol–water partition coefficient (Wildman–Crippen LogP) is 0.298. The van der Waals surface area contributed by atoms with Gasteiger partial charge in [0.25, 0.3) is 10.0 Å². The summed E-state index contributed by atoms with van der Waals surface area (Å²) in [6, 6.07) is 3.02. The van der Waals surface area contributed by atoms with Gasteiger partial charge in [-0.25, -0.2) is 13.4 Å². The third kappa shape index (κ3) is 5.09. The summed E-state index contributed by atoms with van der Waals surface area (Å²) >= 11 is 0. The van der Waals surface area contributed by atoms with Gasteiger partial charge in [-0.3, -0.25) is 9.69 Å². The maximum absolute atomic E-state index is 13.4. The van der Waals surface area contributed by atoms with Crippen LogP contribution in [0.15, 0.2) is 23.4 Å². The average molecular weight is 453 g/mol. The Labute approximate surface area is 184 Å². The Morgan fingerprint density at radius 2 is 1.87 bits per heavy atom. The number of morpholine rings is 1. The molecule has 0 unspecified atom stereocenters. The molecule has 2 atom stereocenters. The van der Waals surface area contributed by atoms with E-state index in [1.165, 1.54) is 23.0 Å². The first-order valence-corrected chi connectivity index (χ1v) is 12.6. The standard InChI is InChI=1S/C21H32N4O5S/c26-16-17-4-5-22-20(12-17)31(28,29)25-14-18(21(27)24-8-10-30-11-9-24)13-19(15-25)23-6-2-1-3-7-23/h4-5,12,18-19,26H,1-3,6-11,13-16H2/t18-,19+/m1/s1. The molecule has 9 nitrogen and oxygen atoms in total. The predicted molar refractivity (Wildman–Crippen MR) is 114 cm³/mol. The fourth-order valence-electron chi connectivity index (χ4n) is 4.82. The van der Waals surface area contributed by atoms with Crippen molar-refractivity contribution in [1.82, 2.24) is 19.1 Å². The van der Waals surface area contributed by atoms with Crippen LogP contribution in [0.1, 0.15) is 31.2 Å². The first kappa shape index (κ1) is 22.6. The third-order valence-corrected chi connectivity index (χ3v) is 8.29. The van der Waals surface area contributed by atoms with Crippen molar-refractivity contribution in [2.75, 3.05) is 52.5 Å². The molecule has 0 saturated carbocycles. The maximum atomic E-state index is 13.4. The normalized spacial score (nSPS) is 26.7. The van der Waals surface area contributed by atoms with Crippen LogP contribution in [0.2, 0.25) is 0 Å². The van der Waals surface area contributed by atoms with Gasteiger partial charge in [0.15, 0.2) is 5.03 Å². The van der Waals surface area contributed by atoms with Crippen LogP contribution in [0.5, 0.6) is 0 Å². The Morgan fingerprint density at radius 1 is 1.13 bits per heavy atom. The van der Waals surface area contributed by atoms with Crippen LogP contribution >= 0.6 is 0 Å². The molecule has 4 heterocycles. The molecule has 0 spiro atoms. The molecule has 0 radical (unpaired) electrons. The molecule has 0 aliphatic carbocycles. The minimum Gasteiger partial charge on any atom is -0.392 e. The van der Waals surface area contributed by atoms with Crippen molar-refractivity contribution in [3.63, 3.8) is 0 Å². The monoisotopic (exact) mass is 452 g/mol. The number of aromatic nitrogens is 1. The number of piperidine rings is 2. The second-order valence-corrected chi connectivity index (χ2v) is 10.5. The molecular weight excluding hydrogens is 420 g/mol. The Hall–Kier alpha value is -1.59. The highest BCUT2D eigenvalue weighted by Gasteiger charge is 2.41. The van der Waals surface area contributed by atoms with Gasteiger partial charge < -0.3 is 14.7 Å². The fourth-order valence-corrected chi connectivity index (χ4v) is 6.32. The molecule has 1 N–H and O–H groups in total. The summed E-state index contributed by atoms with van der Waals surface area (Å²) in [4.78, 5) is 21.5. The molecule has 3 aliphatic rings. The highest BCUT2D eigenvalue weighted by atomic mass is 32.2. The number of aliphatic hydroxyl groups is 1. The van der Waals surface area contributed by atoms with Crippen LogP contribution in [0.4, 0.5) is 0 Å². The summed E-state index contributed by atoms with van der Waals surface area (Å²) in [6.07, 6.45) is 5.48. The Balaban J connectivity index is 1.59. The quantitative estimate of drug-likeness (QED) is 0.685. The lowest BCUT2D eigenvalue weighted by atomic mass is 9.92. The van der Waals surface area contributed by atoms with Crippen LogP contribution in [0.3, 0.4) is 0 Å². The van der Waals surface area contributed by atoms with E-state index in [2.05, 4.69) is 9.88 Å². The molecule has 3 saturated heterocycles. The van der Waals surface area contributed by atoms with Gasteiger partial charge in [0.2, 0.25) is 5.91 Å². The Morgan fingerprint density at radius 3 is 2.58 bits per heavy atom. The van der Waals surface area contributed by atoms with Crippen LogP contribution in [0, 0.1) is 5.92 Å². The summed E-state index contributed by atoms with van der Waals surface area (Å²) in [6.45, 7) is 4.30. The number of hydrogen-bond acceptors (Lipinski definition) is 7. The molecular formula is C21H32N4O5S. The Kier molecular flexibility index (Phi) is 7.22. The van der Waals surface area contributed by atoms with E-state index in [1.807, 2.05) is 4.90 Å². The number of ether oxygens (including phenoxy) is 1. The summed E-state index contributed by atoms with van der Waals surface area (Å²) in [5.41, 5.74) is 0.499. The van der Waals surface area contributed by atoms with Gasteiger partial charge in [0.1, 0.15) is 0 Å². The fraction of sp³-hybridized carbons (Fsp3) is 0.714. The second kappa shape index (κ2) is 9.91. The zero-order valence-electron chi connectivity index (χ0n) is 17.9. The van der Waals surface area contributed by atoms with E-state index >= 15 is 0 Å². The van der Waals surface area contributed by atoms with Gasteiger partial charge in [0, 0.05) is 38.4 Å². The van der Waals surface area contributed by atoms with Crippen molar-refractivity contribution in [2.45, 2.75) is 43.4 Å². The molecule has 31 heavy (non-hydrogen) atoms. The number of rotatable bonds is 5. The number of likely N-dealkylation sites (tertiary alicyclic amines) is 1. The summed E-state index contributed by atoms with van der Waals surface area (Å²) in [7, 11) is -3.87. The van der Waals surface area contributed by atoms with Gasteiger partial charge >= 0.3 is 0 Å². The van der Waals surface area contributed by atoms with E-state index in [9.17, 15) is 18.3 Å². The van der Waals surface area contributed by atoms with Crippen LogP contribution in [0.25, 0.3) is 0 Å². The van der Waals surface area contributed by atoms with E-state index in [-0.39, 0.29) is 36.0 Å². The first-order valence-electron chi connectivity index (χ1n) is 11.2. The van der Waals surface area contributed by atoms with Crippen molar-refractivity contribution in [3.05, 3.63) is 23.9 Å². The van der Waals surface area contributed by atoms with Crippen molar-refractivity contribution >= 4 is 15.9 Å². The first-order chi connectivity index (χ1) is 15.0. The molecule has 3 aliphatic heterocycles. The minimum absolute atomic E-state index is 0.0137. The number of nitrogens with zero attached hydrogens (tertiary/aromatic N) is 4. The van der Waals surface area contributed by atoms with Crippen LogP contribution in [-0.2, 0) is 26.2 Å². The number of hydrogen-bond donors (Lipinski definition) is 1. The van der Waals surface area contributed by atoms with Crippen molar-refractivity contribution in [1.29, 1.82) is 0 Å². The Bertz CT molecular complexity index is 868. The van der Waals surface area contributed by atoms with Crippen molar-refractivity contribution in [3.8, 4) is 0 Å². The van der Waals surface area contributed by atoms with E-state index in [4.69, 9.17) is 4.74 Å². The average Bonchev–Trinajstić information content (AvgIpc) is 2.84. The molecule has 3 fully saturated rings. The van der Waals surface area contributed by atoms with Gasteiger partial charge in [0.05, 0.1) is 25.7 Å². The molecule has 0 aromatic carbocycles. The molecule has 1 aromatic rings. The van der Waals surface area contributed by atoms with Crippen molar-refractivity contribution < 1.29 is 23.1 Å². The summed E-state index contributed by atoms with van der Waals surface area (Å²) < 4.78 is 33.7. The SMILES string of the molecule is O=C([C@@H]1C[C@H](N2CCCCC2)CN(S(=O)(=O)c2cc(CO)ccn2)C1)N1CCOCC1. The molecule has 172 valence electrons. The van der Waals surface area contributed by atoms with Crippen LogP contribution in [-0.4, -0.2) is 97.0 Å². The largest absolute Gasteiger partial charge is 0.392 e. The van der Waals surface area contributed by atoms with E-state index in [1.54, 1.807) is 6.07 Å². The zero-order chi connectivity index (χ0) is 21.8. The highest BCUT2D eigenvalue weighted by Crippen LogP contribution is 2.29. The molecule has 1 aromatic heterocycles. The lowest BCUT2D eigenvalue weighted by molar-refractivity contribution is -0.141. The number of sulfonamides is 1. The van der Waals surface area contributed by atoms with Gasteiger partial charge in [-0.05, 0) is 50.0 Å². The molecule has 0 bridgehead atoms. The van der Waals surface area contributed by atoms with Gasteiger partial charge in [-0.1, -0.05) is 6.42 Å². The number of carbonyl (C=O) groups is 1. The molecule has 1 amide bonds. The second-order valence-electron chi connectivity index (χ2n) is 8.60. The third-order valence-electron chi connectivity index (χ3n) is 6.56. The molecule has 10 heteroatoms. The lowest BCUT2D eigenvalue weighted by Gasteiger charge is -2.44. The maximum Gasteiger partial charge on any atom is 0.260 e. The minimum atomic E-state index is -3.87. The van der Waals surface area contributed by atoms with E-state index in [0.717, 1.165) is 25.9 Å². The smallest absolute Gasteiger partial charge is 0.260 e.